The molecule has 0 aliphatic rings. The van der Waals surface area contributed by atoms with E-state index in [-0.39, 0.29) is 5.78 Å². The van der Waals surface area contributed by atoms with Crippen LogP contribution in [0.2, 0.25) is 0 Å². The molecule has 0 amide bonds. The van der Waals surface area contributed by atoms with Gasteiger partial charge in [-0.2, -0.15) is 5.26 Å². The molecule has 0 saturated carbocycles. The van der Waals surface area contributed by atoms with Crippen molar-refractivity contribution in [3.63, 3.8) is 0 Å². The lowest BCUT2D eigenvalue weighted by Gasteiger charge is -2.05. The summed E-state index contributed by atoms with van der Waals surface area (Å²) in [4.78, 5) is 15.2. The minimum Gasteiger partial charge on any atom is -0.439 e. The average molecular weight is 252 g/mol. The minimum atomic E-state index is -0.0279. The molecule has 0 N–H and O–H groups in total. The molecule has 0 atom stereocenters. The number of hydrogen-bond donors (Lipinski definition) is 0. The normalized spacial score (nSPS) is 9.68. The molecule has 0 aliphatic carbocycles. The smallest absolute Gasteiger partial charge is 0.219 e. The Labute approximate surface area is 111 Å². The van der Waals surface area contributed by atoms with E-state index in [9.17, 15) is 4.79 Å². The molecule has 4 nitrogen and oxygen atoms in total. The van der Waals surface area contributed by atoms with Crippen LogP contribution in [0.1, 0.15) is 22.8 Å². The fourth-order valence-corrected chi connectivity index (χ4v) is 1.54. The maximum atomic E-state index is 11.1. The van der Waals surface area contributed by atoms with E-state index < -0.39 is 0 Å². The van der Waals surface area contributed by atoms with E-state index in [0.29, 0.717) is 23.6 Å². The predicted octanol–water partition coefficient (Wildman–Crippen LogP) is 3.14. The SMILES string of the molecule is CC(=O)c1ccc(Oc2ccc(CC#N)cc2)nc1. The number of nitriles is 1. The topological polar surface area (TPSA) is 63.0 Å². The van der Waals surface area contributed by atoms with Crippen molar-refractivity contribution in [2.24, 2.45) is 0 Å². The molecule has 0 aliphatic heterocycles. The molecule has 1 aromatic carbocycles. The van der Waals surface area contributed by atoms with Crippen molar-refractivity contribution in [1.82, 2.24) is 4.98 Å². The number of ether oxygens (including phenoxy) is 1. The van der Waals surface area contributed by atoms with Gasteiger partial charge in [0.25, 0.3) is 0 Å². The minimum absolute atomic E-state index is 0.0279. The Morgan fingerprint density at radius 2 is 2.00 bits per heavy atom. The number of carbonyl (C=O) groups excluding carboxylic acids is 1. The molecule has 4 heteroatoms. The Balaban J connectivity index is 2.08. The number of benzene rings is 1. The third-order valence-corrected chi connectivity index (χ3v) is 2.57. The summed E-state index contributed by atoms with van der Waals surface area (Å²) >= 11 is 0. The average Bonchev–Trinajstić information content (AvgIpc) is 2.42. The van der Waals surface area contributed by atoms with E-state index in [1.807, 2.05) is 12.1 Å². The van der Waals surface area contributed by atoms with Crippen LogP contribution in [0.25, 0.3) is 0 Å². The molecule has 0 bridgehead atoms. The molecule has 19 heavy (non-hydrogen) atoms. The summed E-state index contributed by atoms with van der Waals surface area (Å²) < 4.78 is 5.54. The quantitative estimate of drug-likeness (QED) is 0.784. The zero-order valence-corrected chi connectivity index (χ0v) is 10.5. The predicted molar refractivity (Wildman–Crippen MR) is 70.1 cm³/mol. The summed E-state index contributed by atoms with van der Waals surface area (Å²) in [5, 5.41) is 8.58. The van der Waals surface area contributed by atoms with Gasteiger partial charge < -0.3 is 4.74 Å². The lowest BCUT2D eigenvalue weighted by Crippen LogP contribution is -1.94. The van der Waals surface area contributed by atoms with E-state index in [1.165, 1.54) is 13.1 Å². The first kappa shape index (κ1) is 12.8. The molecule has 1 aromatic heterocycles. The summed E-state index contributed by atoms with van der Waals surface area (Å²) in [7, 11) is 0. The molecule has 2 rings (SSSR count). The zero-order valence-electron chi connectivity index (χ0n) is 10.5. The van der Waals surface area contributed by atoms with Crippen LogP contribution in [0.4, 0.5) is 0 Å². The van der Waals surface area contributed by atoms with Crippen molar-refractivity contribution in [3.05, 3.63) is 53.7 Å². The monoisotopic (exact) mass is 252 g/mol. The lowest BCUT2D eigenvalue weighted by molar-refractivity contribution is 0.101. The van der Waals surface area contributed by atoms with E-state index in [1.54, 1.807) is 24.3 Å². The van der Waals surface area contributed by atoms with Crippen LogP contribution >= 0.6 is 0 Å². The number of ketones is 1. The molecule has 0 radical (unpaired) electrons. The first-order valence-corrected chi connectivity index (χ1v) is 5.80. The second kappa shape index (κ2) is 5.78. The van der Waals surface area contributed by atoms with Crippen LogP contribution in [-0.2, 0) is 6.42 Å². The Morgan fingerprint density at radius 3 is 2.53 bits per heavy atom. The Morgan fingerprint density at radius 1 is 1.26 bits per heavy atom. The van der Waals surface area contributed by atoms with Crippen LogP contribution in [0.5, 0.6) is 11.6 Å². The van der Waals surface area contributed by atoms with Crippen molar-refractivity contribution >= 4 is 5.78 Å². The number of rotatable bonds is 4. The molecule has 0 spiro atoms. The summed E-state index contributed by atoms with van der Waals surface area (Å²) in [6.07, 6.45) is 1.87. The van der Waals surface area contributed by atoms with Gasteiger partial charge in [-0.05, 0) is 30.7 Å². The molecule has 1 heterocycles. The highest BCUT2D eigenvalue weighted by Crippen LogP contribution is 2.20. The van der Waals surface area contributed by atoms with E-state index in [2.05, 4.69) is 11.1 Å². The van der Waals surface area contributed by atoms with Gasteiger partial charge in [-0.1, -0.05) is 12.1 Å². The highest BCUT2D eigenvalue weighted by atomic mass is 16.5. The summed E-state index contributed by atoms with van der Waals surface area (Å²) in [6.45, 7) is 1.49. The standard InChI is InChI=1S/C15H12N2O2/c1-11(18)13-4-7-15(17-10-13)19-14-5-2-12(3-6-14)8-9-16/h2-7,10H,8H2,1H3. The van der Waals surface area contributed by atoms with Gasteiger partial charge in [0.2, 0.25) is 5.88 Å². The van der Waals surface area contributed by atoms with E-state index in [0.717, 1.165) is 5.56 Å². The van der Waals surface area contributed by atoms with Crippen LogP contribution in [0.3, 0.4) is 0 Å². The Kier molecular flexibility index (Phi) is 3.89. The lowest BCUT2D eigenvalue weighted by atomic mass is 10.2. The summed E-state index contributed by atoms with van der Waals surface area (Å²) in [6, 6.07) is 12.7. The third kappa shape index (κ3) is 3.39. The summed E-state index contributed by atoms with van der Waals surface area (Å²) in [5.41, 5.74) is 1.49. The molecule has 94 valence electrons. The molecule has 0 unspecified atom stereocenters. The van der Waals surface area contributed by atoms with Gasteiger partial charge in [0.15, 0.2) is 5.78 Å². The number of pyridine rings is 1. The van der Waals surface area contributed by atoms with Gasteiger partial charge in [0.05, 0.1) is 12.5 Å². The fourth-order valence-electron chi connectivity index (χ4n) is 1.54. The van der Waals surface area contributed by atoms with Gasteiger partial charge in [0, 0.05) is 17.8 Å². The van der Waals surface area contributed by atoms with Crippen molar-refractivity contribution < 1.29 is 9.53 Å². The molecule has 0 fully saturated rings. The Hall–Kier alpha value is -2.67. The highest BCUT2D eigenvalue weighted by Gasteiger charge is 2.02. The number of nitrogens with zero attached hydrogens (tertiary/aromatic N) is 2. The van der Waals surface area contributed by atoms with Gasteiger partial charge in [-0.3, -0.25) is 4.79 Å². The number of Topliss-reactive ketones (excluding diaryl/α,β-unsaturated/α-hetero) is 1. The highest BCUT2D eigenvalue weighted by molar-refractivity contribution is 5.93. The maximum absolute atomic E-state index is 11.1. The van der Waals surface area contributed by atoms with Gasteiger partial charge in [0.1, 0.15) is 5.75 Å². The van der Waals surface area contributed by atoms with Crippen LogP contribution in [-0.4, -0.2) is 10.8 Å². The van der Waals surface area contributed by atoms with Crippen LogP contribution in [0.15, 0.2) is 42.6 Å². The first-order chi connectivity index (χ1) is 9.19. The largest absolute Gasteiger partial charge is 0.439 e. The number of hydrogen-bond acceptors (Lipinski definition) is 4. The van der Waals surface area contributed by atoms with Crippen LogP contribution in [0, 0.1) is 11.3 Å². The Bertz CT molecular complexity index is 610. The van der Waals surface area contributed by atoms with E-state index >= 15 is 0 Å². The molecular formula is C15H12N2O2. The second-order valence-corrected chi connectivity index (χ2v) is 4.02. The van der Waals surface area contributed by atoms with Gasteiger partial charge in [-0.25, -0.2) is 4.98 Å². The number of carbonyl (C=O) groups is 1. The van der Waals surface area contributed by atoms with Gasteiger partial charge in [-0.15, -0.1) is 0 Å². The fraction of sp³-hybridized carbons (Fsp3) is 0.133. The van der Waals surface area contributed by atoms with Crippen molar-refractivity contribution in [2.75, 3.05) is 0 Å². The van der Waals surface area contributed by atoms with Gasteiger partial charge >= 0.3 is 0 Å². The number of aromatic nitrogens is 1. The van der Waals surface area contributed by atoms with Crippen molar-refractivity contribution in [3.8, 4) is 17.7 Å². The molecular weight excluding hydrogens is 240 g/mol. The molecule has 2 aromatic rings. The maximum Gasteiger partial charge on any atom is 0.219 e. The third-order valence-electron chi connectivity index (χ3n) is 2.57. The van der Waals surface area contributed by atoms with Crippen molar-refractivity contribution in [2.45, 2.75) is 13.3 Å². The zero-order chi connectivity index (χ0) is 13.7. The summed E-state index contributed by atoms with van der Waals surface area (Å²) in [5.74, 6) is 1.04. The second-order valence-electron chi connectivity index (χ2n) is 4.02. The van der Waals surface area contributed by atoms with Crippen LogP contribution < -0.4 is 4.74 Å². The van der Waals surface area contributed by atoms with E-state index in [4.69, 9.17) is 10.00 Å². The van der Waals surface area contributed by atoms with Crippen molar-refractivity contribution in [1.29, 1.82) is 5.26 Å². The first-order valence-electron chi connectivity index (χ1n) is 5.80. The molecule has 0 saturated heterocycles.